The summed E-state index contributed by atoms with van der Waals surface area (Å²) >= 11 is 0. The second kappa shape index (κ2) is 12.0. The van der Waals surface area contributed by atoms with E-state index in [0.717, 1.165) is 42.5 Å². The highest BCUT2D eigenvalue weighted by molar-refractivity contribution is 5.79. The van der Waals surface area contributed by atoms with E-state index >= 15 is 0 Å². The molecule has 1 unspecified atom stereocenters. The molecule has 0 saturated carbocycles. The summed E-state index contributed by atoms with van der Waals surface area (Å²) in [6.07, 6.45) is 1.02. The van der Waals surface area contributed by atoms with Gasteiger partial charge in [-0.2, -0.15) is 0 Å². The molecule has 0 fully saturated rings. The lowest BCUT2D eigenvalue weighted by Crippen LogP contribution is -2.39. The fraction of sp³-hybridized carbons (Fsp3) is 0.435. The Labute approximate surface area is 174 Å². The van der Waals surface area contributed by atoms with Gasteiger partial charge in [-0.05, 0) is 32.0 Å². The van der Waals surface area contributed by atoms with Crippen molar-refractivity contribution in [1.82, 2.24) is 15.5 Å². The first-order valence-corrected chi connectivity index (χ1v) is 9.97. The fourth-order valence-electron chi connectivity index (χ4n) is 3.14. The molecule has 6 nitrogen and oxygen atoms in total. The van der Waals surface area contributed by atoms with Crippen LogP contribution in [0.25, 0.3) is 0 Å². The second-order valence-corrected chi connectivity index (χ2v) is 7.04. The maximum absolute atomic E-state index is 5.49. The lowest BCUT2D eigenvalue weighted by Gasteiger charge is -2.25. The number of hydrogen-bond donors (Lipinski definition) is 2. The molecule has 0 radical (unpaired) electrons. The SMILES string of the molecule is CN=C(NCCC(C)N(C)Cc1ccccc1)NCc1cccc(OC)c1OC. The molecule has 29 heavy (non-hydrogen) atoms. The molecule has 2 rings (SSSR count). The molecule has 0 amide bonds. The zero-order valence-electron chi connectivity index (χ0n) is 18.2. The summed E-state index contributed by atoms with van der Waals surface area (Å²) in [5, 5.41) is 6.74. The van der Waals surface area contributed by atoms with Gasteiger partial charge in [0.1, 0.15) is 0 Å². The Morgan fingerprint density at radius 3 is 2.45 bits per heavy atom. The Bertz CT molecular complexity index is 765. The Hall–Kier alpha value is -2.73. The van der Waals surface area contributed by atoms with Crippen molar-refractivity contribution in [3.8, 4) is 11.5 Å². The fourth-order valence-corrected chi connectivity index (χ4v) is 3.14. The van der Waals surface area contributed by atoms with Crippen molar-refractivity contribution in [2.45, 2.75) is 32.5 Å². The van der Waals surface area contributed by atoms with Gasteiger partial charge in [0, 0.05) is 38.3 Å². The predicted octanol–water partition coefficient (Wildman–Crippen LogP) is 3.28. The number of hydrogen-bond acceptors (Lipinski definition) is 4. The molecular formula is C23H34N4O2. The van der Waals surface area contributed by atoms with Gasteiger partial charge >= 0.3 is 0 Å². The lowest BCUT2D eigenvalue weighted by molar-refractivity contribution is 0.238. The molecule has 0 aliphatic heterocycles. The molecule has 6 heteroatoms. The molecule has 2 aromatic carbocycles. The number of ether oxygens (including phenoxy) is 2. The largest absolute Gasteiger partial charge is 0.493 e. The number of para-hydroxylation sites is 1. The molecular weight excluding hydrogens is 364 g/mol. The van der Waals surface area contributed by atoms with Gasteiger partial charge in [0.15, 0.2) is 17.5 Å². The quantitative estimate of drug-likeness (QED) is 0.475. The molecule has 0 saturated heterocycles. The summed E-state index contributed by atoms with van der Waals surface area (Å²) < 4.78 is 10.9. The number of benzene rings is 2. The first kappa shape index (κ1) is 22.6. The average molecular weight is 399 g/mol. The van der Waals surface area contributed by atoms with Crippen LogP contribution in [-0.2, 0) is 13.1 Å². The number of nitrogens with zero attached hydrogens (tertiary/aromatic N) is 2. The van der Waals surface area contributed by atoms with Gasteiger partial charge in [-0.3, -0.25) is 9.89 Å². The van der Waals surface area contributed by atoms with E-state index in [1.165, 1.54) is 5.56 Å². The van der Waals surface area contributed by atoms with Gasteiger partial charge in [0.25, 0.3) is 0 Å². The molecule has 0 bridgehead atoms. The normalized spacial score (nSPS) is 12.6. The zero-order valence-corrected chi connectivity index (χ0v) is 18.2. The predicted molar refractivity (Wildman–Crippen MR) is 120 cm³/mol. The van der Waals surface area contributed by atoms with Crippen molar-refractivity contribution >= 4 is 5.96 Å². The van der Waals surface area contributed by atoms with Crippen LogP contribution in [-0.4, -0.2) is 51.8 Å². The van der Waals surface area contributed by atoms with Crippen molar-refractivity contribution in [2.24, 2.45) is 4.99 Å². The van der Waals surface area contributed by atoms with Crippen LogP contribution in [0, 0.1) is 0 Å². The third-order valence-electron chi connectivity index (χ3n) is 5.04. The van der Waals surface area contributed by atoms with Crippen LogP contribution in [0.4, 0.5) is 0 Å². The van der Waals surface area contributed by atoms with Crippen LogP contribution in [0.15, 0.2) is 53.5 Å². The monoisotopic (exact) mass is 398 g/mol. The Morgan fingerprint density at radius 2 is 1.79 bits per heavy atom. The molecule has 2 N–H and O–H groups in total. The van der Waals surface area contributed by atoms with E-state index < -0.39 is 0 Å². The minimum atomic E-state index is 0.458. The lowest BCUT2D eigenvalue weighted by atomic mass is 10.1. The minimum absolute atomic E-state index is 0.458. The van der Waals surface area contributed by atoms with E-state index in [1.54, 1.807) is 21.3 Å². The molecule has 0 aliphatic rings. The van der Waals surface area contributed by atoms with E-state index in [1.807, 2.05) is 18.2 Å². The van der Waals surface area contributed by atoms with Crippen LogP contribution in [0.2, 0.25) is 0 Å². The first-order valence-electron chi connectivity index (χ1n) is 9.97. The van der Waals surface area contributed by atoms with Crippen molar-refractivity contribution < 1.29 is 9.47 Å². The second-order valence-electron chi connectivity index (χ2n) is 7.04. The number of nitrogens with one attached hydrogen (secondary N) is 2. The minimum Gasteiger partial charge on any atom is -0.493 e. The van der Waals surface area contributed by atoms with E-state index in [2.05, 4.69) is 64.8 Å². The third-order valence-corrected chi connectivity index (χ3v) is 5.04. The summed E-state index contributed by atoms with van der Waals surface area (Å²) in [6, 6.07) is 16.9. The van der Waals surface area contributed by atoms with E-state index in [0.29, 0.717) is 12.6 Å². The van der Waals surface area contributed by atoms with Crippen LogP contribution in [0.3, 0.4) is 0 Å². The van der Waals surface area contributed by atoms with Gasteiger partial charge in [-0.15, -0.1) is 0 Å². The molecule has 0 aromatic heterocycles. The number of aliphatic imine (C=N–C) groups is 1. The topological polar surface area (TPSA) is 58.1 Å². The molecule has 1 atom stereocenters. The van der Waals surface area contributed by atoms with E-state index in [9.17, 15) is 0 Å². The van der Waals surface area contributed by atoms with Crippen LogP contribution < -0.4 is 20.1 Å². The molecule has 2 aromatic rings. The van der Waals surface area contributed by atoms with Crippen molar-refractivity contribution in [3.05, 3.63) is 59.7 Å². The maximum atomic E-state index is 5.49. The highest BCUT2D eigenvalue weighted by Crippen LogP contribution is 2.30. The molecule has 0 aliphatic carbocycles. The third kappa shape index (κ3) is 6.98. The van der Waals surface area contributed by atoms with E-state index in [4.69, 9.17) is 9.47 Å². The van der Waals surface area contributed by atoms with Crippen LogP contribution >= 0.6 is 0 Å². The van der Waals surface area contributed by atoms with E-state index in [-0.39, 0.29) is 0 Å². The zero-order chi connectivity index (χ0) is 21.1. The number of rotatable bonds is 10. The standard InChI is InChI=1S/C23H34N4O2/c1-18(27(3)17-19-10-7-6-8-11-19)14-15-25-23(24-2)26-16-20-12-9-13-21(28-4)22(20)29-5/h6-13,18H,14-17H2,1-5H3,(H2,24,25,26). The highest BCUT2D eigenvalue weighted by Gasteiger charge is 2.11. The number of methoxy groups -OCH3 is 2. The maximum Gasteiger partial charge on any atom is 0.191 e. The Balaban J connectivity index is 1.79. The molecule has 0 spiro atoms. The van der Waals surface area contributed by atoms with Crippen LogP contribution in [0.1, 0.15) is 24.5 Å². The number of guanidine groups is 1. The van der Waals surface area contributed by atoms with Gasteiger partial charge < -0.3 is 20.1 Å². The Morgan fingerprint density at radius 1 is 1.03 bits per heavy atom. The molecule has 0 heterocycles. The summed E-state index contributed by atoms with van der Waals surface area (Å²) in [4.78, 5) is 6.69. The summed E-state index contributed by atoms with van der Waals surface area (Å²) in [7, 11) is 7.25. The van der Waals surface area contributed by atoms with Gasteiger partial charge in [0.2, 0.25) is 0 Å². The average Bonchev–Trinajstić information content (AvgIpc) is 2.76. The Kier molecular flexibility index (Phi) is 9.31. The summed E-state index contributed by atoms with van der Waals surface area (Å²) in [5.41, 5.74) is 2.35. The molecule has 158 valence electrons. The van der Waals surface area contributed by atoms with Crippen molar-refractivity contribution in [3.63, 3.8) is 0 Å². The summed E-state index contributed by atoms with van der Waals surface area (Å²) in [6.45, 7) is 4.64. The first-order chi connectivity index (χ1) is 14.1. The van der Waals surface area contributed by atoms with Gasteiger partial charge in [-0.25, -0.2) is 0 Å². The van der Waals surface area contributed by atoms with Crippen LogP contribution in [0.5, 0.6) is 11.5 Å². The summed E-state index contributed by atoms with van der Waals surface area (Å²) in [5.74, 6) is 2.24. The van der Waals surface area contributed by atoms with Gasteiger partial charge in [0.05, 0.1) is 14.2 Å². The van der Waals surface area contributed by atoms with Crippen molar-refractivity contribution in [2.75, 3.05) is 34.9 Å². The van der Waals surface area contributed by atoms with Gasteiger partial charge in [-0.1, -0.05) is 42.5 Å². The van der Waals surface area contributed by atoms with Crippen molar-refractivity contribution in [1.29, 1.82) is 0 Å². The smallest absolute Gasteiger partial charge is 0.191 e. The highest BCUT2D eigenvalue weighted by atomic mass is 16.5.